The smallest absolute Gasteiger partial charge is 0.218 e. The summed E-state index contributed by atoms with van der Waals surface area (Å²) in [4.78, 5) is 0. The van der Waals surface area contributed by atoms with Gasteiger partial charge in [-0.05, 0) is 30.5 Å². The molecular formula is C13H20N2O3S. The molecule has 1 aromatic rings. The van der Waals surface area contributed by atoms with E-state index in [1.807, 2.05) is 0 Å². The van der Waals surface area contributed by atoms with Crippen molar-refractivity contribution in [3.8, 4) is 0 Å². The first-order chi connectivity index (χ1) is 9.03. The number of nitrogens with two attached hydrogens (primary N) is 1. The van der Waals surface area contributed by atoms with Crippen molar-refractivity contribution in [1.29, 1.82) is 0 Å². The fraction of sp³-hybridized carbons (Fsp3) is 0.538. The van der Waals surface area contributed by atoms with Gasteiger partial charge in [0.2, 0.25) is 10.0 Å². The Labute approximate surface area is 114 Å². The summed E-state index contributed by atoms with van der Waals surface area (Å²) in [7, 11) is -1.72. The standard InChI is InChI=1S/C13H20N2O3S/c1-18-8-7-15(13-5-6-13)19(16,17)10-11-3-2-4-12(14)9-11/h2-4,9,13H,5-8,10,14H2,1H3. The molecule has 0 radical (unpaired) electrons. The van der Waals surface area contributed by atoms with E-state index in [9.17, 15) is 8.42 Å². The lowest BCUT2D eigenvalue weighted by Gasteiger charge is -2.21. The number of nitrogens with zero attached hydrogens (tertiary/aromatic N) is 1. The quantitative estimate of drug-likeness (QED) is 0.764. The van der Waals surface area contributed by atoms with E-state index in [0.717, 1.165) is 18.4 Å². The fourth-order valence-electron chi connectivity index (χ4n) is 2.07. The van der Waals surface area contributed by atoms with Gasteiger partial charge in [0.25, 0.3) is 0 Å². The van der Waals surface area contributed by atoms with Gasteiger partial charge in [-0.1, -0.05) is 12.1 Å². The molecule has 1 fully saturated rings. The van der Waals surface area contributed by atoms with E-state index in [1.54, 1.807) is 35.7 Å². The van der Waals surface area contributed by atoms with E-state index in [4.69, 9.17) is 10.5 Å². The number of methoxy groups -OCH3 is 1. The van der Waals surface area contributed by atoms with Crippen LogP contribution in [-0.2, 0) is 20.5 Å². The number of sulfonamides is 1. The lowest BCUT2D eigenvalue weighted by atomic mass is 10.2. The third kappa shape index (κ3) is 3.92. The van der Waals surface area contributed by atoms with E-state index >= 15 is 0 Å². The molecule has 0 atom stereocenters. The maximum absolute atomic E-state index is 12.4. The van der Waals surface area contributed by atoms with Crippen molar-refractivity contribution in [3.05, 3.63) is 29.8 Å². The van der Waals surface area contributed by atoms with E-state index in [1.165, 1.54) is 0 Å². The molecule has 0 unspecified atom stereocenters. The van der Waals surface area contributed by atoms with Crippen LogP contribution in [-0.4, -0.2) is 39.0 Å². The zero-order valence-electron chi connectivity index (χ0n) is 11.1. The van der Waals surface area contributed by atoms with E-state index in [0.29, 0.717) is 18.8 Å². The summed E-state index contributed by atoms with van der Waals surface area (Å²) in [5, 5.41) is 0. The molecule has 0 saturated heterocycles. The van der Waals surface area contributed by atoms with Crippen LogP contribution in [0.4, 0.5) is 5.69 Å². The summed E-state index contributed by atoms with van der Waals surface area (Å²) in [6, 6.07) is 7.17. The monoisotopic (exact) mass is 284 g/mol. The third-order valence-electron chi connectivity index (χ3n) is 3.13. The Kier molecular flexibility index (Phi) is 4.44. The molecule has 0 bridgehead atoms. The first kappa shape index (κ1) is 14.3. The number of hydrogen-bond donors (Lipinski definition) is 1. The summed E-state index contributed by atoms with van der Waals surface area (Å²) < 4.78 is 31.4. The minimum atomic E-state index is -3.30. The Morgan fingerprint density at radius 3 is 2.74 bits per heavy atom. The predicted molar refractivity (Wildman–Crippen MR) is 75.1 cm³/mol. The summed E-state index contributed by atoms with van der Waals surface area (Å²) in [5.74, 6) is -0.00173. The molecule has 2 rings (SSSR count). The number of ether oxygens (including phenoxy) is 1. The molecule has 1 aliphatic rings. The van der Waals surface area contributed by atoms with Crippen LogP contribution in [0.1, 0.15) is 18.4 Å². The van der Waals surface area contributed by atoms with Gasteiger partial charge in [0.05, 0.1) is 12.4 Å². The maximum Gasteiger partial charge on any atom is 0.218 e. The van der Waals surface area contributed by atoms with Gasteiger partial charge < -0.3 is 10.5 Å². The van der Waals surface area contributed by atoms with Crippen molar-refractivity contribution in [2.24, 2.45) is 0 Å². The van der Waals surface area contributed by atoms with Gasteiger partial charge in [0.15, 0.2) is 0 Å². The fourth-order valence-corrected chi connectivity index (χ4v) is 3.85. The second kappa shape index (κ2) is 5.90. The molecule has 0 amide bonds. The number of rotatable bonds is 7. The normalized spacial score (nSPS) is 15.9. The zero-order valence-corrected chi connectivity index (χ0v) is 11.9. The van der Waals surface area contributed by atoms with Crippen molar-refractivity contribution in [3.63, 3.8) is 0 Å². The number of anilines is 1. The average Bonchev–Trinajstić information content (AvgIpc) is 3.13. The highest BCUT2D eigenvalue weighted by Crippen LogP contribution is 2.30. The van der Waals surface area contributed by atoms with Gasteiger partial charge >= 0.3 is 0 Å². The van der Waals surface area contributed by atoms with E-state index in [2.05, 4.69) is 0 Å². The molecule has 106 valence electrons. The summed E-state index contributed by atoms with van der Waals surface area (Å²) in [6.07, 6.45) is 1.89. The molecule has 5 nitrogen and oxygen atoms in total. The van der Waals surface area contributed by atoms with Crippen LogP contribution in [0.25, 0.3) is 0 Å². The zero-order chi connectivity index (χ0) is 13.9. The van der Waals surface area contributed by atoms with Crippen LogP contribution in [0.3, 0.4) is 0 Å². The van der Waals surface area contributed by atoms with Gasteiger partial charge in [-0.25, -0.2) is 8.42 Å². The minimum absolute atomic E-state index is 0.00173. The molecule has 0 heterocycles. The van der Waals surface area contributed by atoms with Crippen molar-refractivity contribution in [1.82, 2.24) is 4.31 Å². The highest BCUT2D eigenvalue weighted by Gasteiger charge is 2.36. The molecule has 2 N–H and O–H groups in total. The third-order valence-corrected chi connectivity index (χ3v) is 5.02. The maximum atomic E-state index is 12.4. The van der Waals surface area contributed by atoms with Crippen LogP contribution in [0.2, 0.25) is 0 Å². The average molecular weight is 284 g/mol. The van der Waals surface area contributed by atoms with E-state index in [-0.39, 0.29) is 11.8 Å². The predicted octanol–water partition coefficient (Wildman–Crippen LogP) is 1.21. The lowest BCUT2D eigenvalue weighted by molar-refractivity contribution is 0.177. The van der Waals surface area contributed by atoms with Gasteiger partial charge in [-0.15, -0.1) is 0 Å². The van der Waals surface area contributed by atoms with Crippen LogP contribution in [0.15, 0.2) is 24.3 Å². The van der Waals surface area contributed by atoms with Crippen molar-refractivity contribution < 1.29 is 13.2 Å². The molecular weight excluding hydrogens is 264 g/mol. The Hall–Kier alpha value is -1.11. The summed E-state index contributed by atoms with van der Waals surface area (Å²) in [5.41, 5.74) is 6.99. The summed E-state index contributed by atoms with van der Waals surface area (Å²) in [6.45, 7) is 0.846. The molecule has 0 aliphatic heterocycles. The molecule has 0 aromatic heterocycles. The largest absolute Gasteiger partial charge is 0.399 e. The van der Waals surface area contributed by atoms with Gasteiger partial charge in [-0.2, -0.15) is 4.31 Å². The number of hydrogen-bond acceptors (Lipinski definition) is 4. The van der Waals surface area contributed by atoms with Crippen LogP contribution >= 0.6 is 0 Å². The van der Waals surface area contributed by atoms with E-state index < -0.39 is 10.0 Å². The van der Waals surface area contributed by atoms with Gasteiger partial charge in [-0.3, -0.25) is 0 Å². The molecule has 6 heteroatoms. The highest BCUT2D eigenvalue weighted by molar-refractivity contribution is 7.88. The molecule has 0 spiro atoms. The molecule has 1 aromatic carbocycles. The van der Waals surface area contributed by atoms with Gasteiger partial charge in [0, 0.05) is 25.4 Å². The van der Waals surface area contributed by atoms with Crippen molar-refractivity contribution in [2.45, 2.75) is 24.6 Å². The summed E-state index contributed by atoms with van der Waals surface area (Å²) >= 11 is 0. The lowest BCUT2D eigenvalue weighted by Crippen LogP contribution is -2.36. The minimum Gasteiger partial charge on any atom is -0.399 e. The molecule has 1 aliphatic carbocycles. The SMILES string of the molecule is COCCN(C1CC1)S(=O)(=O)Cc1cccc(N)c1. The van der Waals surface area contributed by atoms with Crippen LogP contribution < -0.4 is 5.73 Å². The number of benzene rings is 1. The number of nitrogen functional groups attached to an aromatic ring is 1. The first-order valence-electron chi connectivity index (χ1n) is 6.36. The Balaban J connectivity index is 2.11. The van der Waals surface area contributed by atoms with Crippen LogP contribution in [0, 0.1) is 0 Å². The highest BCUT2D eigenvalue weighted by atomic mass is 32.2. The van der Waals surface area contributed by atoms with Gasteiger partial charge in [0.1, 0.15) is 0 Å². The second-order valence-corrected chi connectivity index (χ2v) is 6.76. The topological polar surface area (TPSA) is 72.6 Å². The van der Waals surface area contributed by atoms with Crippen LogP contribution in [0.5, 0.6) is 0 Å². The Morgan fingerprint density at radius 2 is 2.16 bits per heavy atom. The first-order valence-corrected chi connectivity index (χ1v) is 7.97. The Bertz CT molecular complexity index is 526. The van der Waals surface area contributed by atoms with Crippen molar-refractivity contribution >= 4 is 15.7 Å². The Morgan fingerprint density at radius 1 is 1.42 bits per heavy atom. The van der Waals surface area contributed by atoms with Crippen molar-refractivity contribution in [2.75, 3.05) is 26.0 Å². The molecule has 1 saturated carbocycles. The molecule has 19 heavy (non-hydrogen) atoms. The second-order valence-electron chi connectivity index (χ2n) is 4.84.